The minimum atomic E-state index is -4.64. The Hall–Kier alpha value is -1.23. The highest BCUT2D eigenvalue weighted by Gasteiger charge is 2.32. The number of nitrogens with one attached hydrogen (secondary N) is 1. The number of para-hydroxylation sites is 1. The highest BCUT2D eigenvalue weighted by atomic mass is 19.4. The van der Waals surface area contributed by atoms with Crippen LogP contribution in [0, 0.1) is 5.92 Å². The van der Waals surface area contributed by atoms with Crippen LogP contribution in [0.15, 0.2) is 24.3 Å². The van der Waals surface area contributed by atoms with Crippen molar-refractivity contribution < 1.29 is 17.9 Å². The summed E-state index contributed by atoms with van der Waals surface area (Å²) >= 11 is 0. The fourth-order valence-corrected chi connectivity index (χ4v) is 1.69. The van der Waals surface area contributed by atoms with E-state index in [1.807, 2.05) is 14.0 Å². The molecule has 0 saturated heterocycles. The molecule has 1 aromatic carbocycles. The zero-order valence-corrected chi connectivity index (χ0v) is 9.84. The van der Waals surface area contributed by atoms with E-state index < -0.39 is 6.36 Å². The van der Waals surface area contributed by atoms with Crippen LogP contribution in [0.2, 0.25) is 0 Å². The second kappa shape index (κ2) is 5.91. The van der Waals surface area contributed by atoms with Gasteiger partial charge in [0.25, 0.3) is 0 Å². The molecule has 5 heteroatoms. The summed E-state index contributed by atoms with van der Waals surface area (Å²) in [5.74, 6) is 0.140. The lowest BCUT2D eigenvalue weighted by molar-refractivity contribution is -0.274. The van der Waals surface area contributed by atoms with Crippen molar-refractivity contribution in [3.05, 3.63) is 29.8 Å². The van der Waals surface area contributed by atoms with E-state index in [0.29, 0.717) is 12.0 Å². The van der Waals surface area contributed by atoms with Crippen molar-refractivity contribution in [2.75, 3.05) is 13.6 Å². The molecule has 1 rings (SSSR count). The lowest BCUT2D eigenvalue weighted by Crippen LogP contribution is -2.20. The molecule has 1 N–H and O–H groups in total. The number of halogens is 3. The van der Waals surface area contributed by atoms with Gasteiger partial charge in [-0.05, 0) is 37.6 Å². The van der Waals surface area contributed by atoms with Crippen molar-refractivity contribution in [3.63, 3.8) is 0 Å². The summed E-state index contributed by atoms with van der Waals surface area (Å²) in [5.41, 5.74) is 0.576. The fourth-order valence-electron chi connectivity index (χ4n) is 1.69. The molecule has 0 aliphatic rings. The molecule has 0 heterocycles. The molecule has 0 aliphatic carbocycles. The predicted octanol–water partition coefficient (Wildman–Crippen LogP) is 2.98. The van der Waals surface area contributed by atoms with Crippen LogP contribution in [0.5, 0.6) is 5.75 Å². The third-order valence-corrected chi connectivity index (χ3v) is 2.32. The molecule has 0 aromatic heterocycles. The van der Waals surface area contributed by atoms with Crippen LogP contribution in [0.1, 0.15) is 12.5 Å². The molecule has 0 bridgehead atoms. The van der Waals surface area contributed by atoms with Crippen molar-refractivity contribution in [1.29, 1.82) is 0 Å². The largest absolute Gasteiger partial charge is 0.573 e. The summed E-state index contributed by atoms with van der Waals surface area (Å²) in [5, 5.41) is 2.99. The topological polar surface area (TPSA) is 21.3 Å². The molecular weight excluding hydrogens is 231 g/mol. The van der Waals surface area contributed by atoms with Gasteiger partial charge in [0.15, 0.2) is 0 Å². The van der Waals surface area contributed by atoms with Crippen LogP contribution >= 0.6 is 0 Å². The van der Waals surface area contributed by atoms with Crippen molar-refractivity contribution >= 4 is 0 Å². The molecule has 1 atom stereocenters. The van der Waals surface area contributed by atoms with E-state index in [-0.39, 0.29) is 11.7 Å². The lowest BCUT2D eigenvalue weighted by Gasteiger charge is -2.16. The minimum Gasteiger partial charge on any atom is -0.406 e. The molecule has 0 spiro atoms. The number of alkyl halides is 3. The minimum absolute atomic E-state index is 0.108. The van der Waals surface area contributed by atoms with E-state index in [4.69, 9.17) is 0 Å². The number of hydrogen-bond donors (Lipinski definition) is 1. The van der Waals surface area contributed by atoms with Crippen molar-refractivity contribution in [1.82, 2.24) is 5.32 Å². The third-order valence-electron chi connectivity index (χ3n) is 2.32. The number of rotatable bonds is 5. The average molecular weight is 247 g/mol. The quantitative estimate of drug-likeness (QED) is 0.863. The van der Waals surface area contributed by atoms with Crippen LogP contribution in [0.4, 0.5) is 13.2 Å². The maximum atomic E-state index is 12.2. The Morgan fingerprint density at radius 2 is 1.94 bits per heavy atom. The summed E-state index contributed by atoms with van der Waals surface area (Å²) < 4.78 is 40.5. The highest BCUT2D eigenvalue weighted by Crippen LogP contribution is 2.27. The van der Waals surface area contributed by atoms with E-state index in [9.17, 15) is 13.2 Å². The average Bonchev–Trinajstić information content (AvgIpc) is 2.19. The van der Waals surface area contributed by atoms with Gasteiger partial charge in [0.05, 0.1) is 0 Å². The molecule has 1 aromatic rings. The molecule has 0 fully saturated rings. The smallest absolute Gasteiger partial charge is 0.406 e. The Morgan fingerprint density at radius 1 is 1.29 bits per heavy atom. The Balaban J connectivity index is 2.77. The van der Waals surface area contributed by atoms with Gasteiger partial charge in [-0.1, -0.05) is 25.1 Å². The molecule has 1 unspecified atom stereocenters. The van der Waals surface area contributed by atoms with Gasteiger partial charge in [-0.3, -0.25) is 0 Å². The monoisotopic (exact) mass is 247 g/mol. The molecule has 0 amide bonds. The van der Waals surface area contributed by atoms with E-state index >= 15 is 0 Å². The standard InChI is InChI=1S/C12H16F3NO/c1-9(8-16-2)7-10-5-3-4-6-11(10)17-12(13,14)15/h3-6,9,16H,7-8H2,1-2H3. The zero-order chi connectivity index (χ0) is 12.9. The highest BCUT2D eigenvalue weighted by molar-refractivity contribution is 5.33. The van der Waals surface area contributed by atoms with E-state index in [1.54, 1.807) is 12.1 Å². The fraction of sp³-hybridized carbons (Fsp3) is 0.500. The van der Waals surface area contributed by atoms with Gasteiger partial charge < -0.3 is 10.1 Å². The third kappa shape index (κ3) is 5.08. The number of ether oxygens (including phenoxy) is 1. The van der Waals surface area contributed by atoms with Gasteiger partial charge in [0.1, 0.15) is 5.75 Å². The molecule has 96 valence electrons. The van der Waals surface area contributed by atoms with Crippen LogP contribution < -0.4 is 10.1 Å². The normalized spacial score (nSPS) is 13.5. The Kier molecular flexibility index (Phi) is 4.81. The van der Waals surface area contributed by atoms with Gasteiger partial charge in [0, 0.05) is 0 Å². The van der Waals surface area contributed by atoms with E-state index in [0.717, 1.165) is 6.54 Å². The van der Waals surface area contributed by atoms with Crippen molar-refractivity contribution in [3.8, 4) is 5.75 Å². The van der Waals surface area contributed by atoms with Crippen LogP contribution in [0.3, 0.4) is 0 Å². The van der Waals surface area contributed by atoms with Crippen LogP contribution in [-0.4, -0.2) is 20.0 Å². The van der Waals surface area contributed by atoms with Gasteiger partial charge in [-0.2, -0.15) is 0 Å². The van der Waals surface area contributed by atoms with Crippen LogP contribution in [0.25, 0.3) is 0 Å². The SMILES string of the molecule is CNCC(C)Cc1ccccc1OC(F)(F)F. The molecule has 0 aliphatic heterocycles. The first-order chi connectivity index (χ1) is 7.92. The first-order valence-corrected chi connectivity index (χ1v) is 5.40. The van der Waals surface area contributed by atoms with Crippen molar-refractivity contribution in [2.24, 2.45) is 5.92 Å². The van der Waals surface area contributed by atoms with Crippen molar-refractivity contribution in [2.45, 2.75) is 19.7 Å². The van der Waals surface area contributed by atoms with Crippen LogP contribution in [-0.2, 0) is 6.42 Å². The second-order valence-electron chi connectivity index (χ2n) is 4.02. The zero-order valence-electron chi connectivity index (χ0n) is 9.84. The summed E-state index contributed by atoms with van der Waals surface area (Å²) in [6.45, 7) is 2.72. The maximum absolute atomic E-state index is 12.2. The number of hydrogen-bond acceptors (Lipinski definition) is 2. The molecule has 2 nitrogen and oxygen atoms in total. The van der Waals surface area contributed by atoms with Gasteiger partial charge in [-0.25, -0.2) is 0 Å². The summed E-state index contributed by atoms with van der Waals surface area (Å²) in [4.78, 5) is 0. The number of benzene rings is 1. The summed E-state index contributed by atoms with van der Waals surface area (Å²) in [6.07, 6.45) is -4.09. The molecular formula is C12H16F3NO. The van der Waals surface area contributed by atoms with Gasteiger partial charge in [-0.15, -0.1) is 13.2 Å². The first-order valence-electron chi connectivity index (χ1n) is 5.40. The lowest BCUT2D eigenvalue weighted by atomic mass is 10.0. The maximum Gasteiger partial charge on any atom is 0.573 e. The van der Waals surface area contributed by atoms with Gasteiger partial charge >= 0.3 is 6.36 Å². The predicted molar refractivity (Wildman–Crippen MR) is 59.9 cm³/mol. The Labute approximate surface area is 98.8 Å². The second-order valence-corrected chi connectivity index (χ2v) is 4.02. The van der Waals surface area contributed by atoms with E-state index in [2.05, 4.69) is 10.1 Å². The molecule has 0 saturated carbocycles. The summed E-state index contributed by atoms with van der Waals surface area (Å²) in [6, 6.07) is 6.25. The van der Waals surface area contributed by atoms with Gasteiger partial charge in [0.2, 0.25) is 0 Å². The summed E-state index contributed by atoms with van der Waals surface area (Å²) in [7, 11) is 1.81. The first kappa shape index (κ1) is 13.8. The molecule has 17 heavy (non-hydrogen) atoms. The Bertz CT molecular complexity index is 352. The Morgan fingerprint density at radius 3 is 2.53 bits per heavy atom. The molecule has 0 radical (unpaired) electrons. The van der Waals surface area contributed by atoms with E-state index in [1.165, 1.54) is 12.1 Å².